The number of nitrogens with zero attached hydrogens (tertiary/aromatic N) is 2. The van der Waals surface area contributed by atoms with Crippen LogP contribution in [0.15, 0.2) is 32.4 Å². The van der Waals surface area contributed by atoms with Gasteiger partial charge >= 0.3 is 0 Å². The largest absolute Gasteiger partial charge is 0.399 e. The third-order valence-electron chi connectivity index (χ3n) is 2.34. The molecule has 10 heteroatoms. The molecule has 1 aromatic heterocycles. The molecule has 108 valence electrons. The molecule has 0 aliphatic rings. The van der Waals surface area contributed by atoms with Gasteiger partial charge < -0.3 is 10.3 Å². The molecule has 0 unspecified atom stereocenters. The Labute approximate surface area is 122 Å². The third-order valence-corrected chi connectivity index (χ3v) is 4.38. The van der Waals surface area contributed by atoms with Crippen LogP contribution in [0.5, 0.6) is 0 Å². The van der Waals surface area contributed by atoms with Crippen molar-refractivity contribution in [3.63, 3.8) is 0 Å². The Balaban J connectivity index is 2.14. The predicted molar refractivity (Wildman–Crippen MR) is 71.7 cm³/mol. The maximum atomic E-state index is 13.8. The predicted octanol–water partition coefficient (Wildman–Crippen LogP) is 1.07. The number of hydrogen-bond acceptors (Lipinski definition) is 6. The van der Waals surface area contributed by atoms with Gasteiger partial charge in [0.1, 0.15) is 4.90 Å². The van der Waals surface area contributed by atoms with Crippen molar-refractivity contribution in [1.82, 2.24) is 14.9 Å². The highest BCUT2D eigenvalue weighted by atomic mass is 79.9. The van der Waals surface area contributed by atoms with E-state index in [2.05, 4.69) is 30.8 Å². The average molecular weight is 365 g/mol. The van der Waals surface area contributed by atoms with Crippen LogP contribution in [0.2, 0.25) is 0 Å². The maximum absolute atomic E-state index is 13.8. The van der Waals surface area contributed by atoms with Crippen molar-refractivity contribution in [1.29, 1.82) is 0 Å². The van der Waals surface area contributed by atoms with Crippen molar-refractivity contribution >= 4 is 31.6 Å². The van der Waals surface area contributed by atoms with Crippen LogP contribution in [-0.2, 0) is 16.4 Å². The lowest BCUT2D eigenvalue weighted by Crippen LogP contribution is -2.27. The summed E-state index contributed by atoms with van der Waals surface area (Å²) >= 11 is 2.91. The van der Waals surface area contributed by atoms with Crippen LogP contribution in [-0.4, -0.2) is 25.1 Å². The Kier molecular flexibility index (Phi) is 4.35. The maximum Gasteiger partial charge on any atom is 0.243 e. The van der Waals surface area contributed by atoms with Gasteiger partial charge in [-0.3, -0.25) is 0 Å². The number of halogens is 2. The minimum atomic E-state index is -4.01. The van der Waals surface area contributed by atoms with Crippen molar-refractivity contribution in [2.45, 2.75) is 11.3 Å². The van der Waals surface area contributed by atoms with Gasteiger partial charge in [0, 0.05) is 18.7 Å². The molecule has 0 amide bonds. The van der Waals surface area contributed by atoms with Crippen molar-refractivity contribution in [3.05, 3.63) is 34.6 Å². The molecule has 0 aliphatic heterocycles. The first-order valence-electron chi connectivity index (χ1n) is 5.40. The average Bonchev–Trinajstić information content (AvgIpc) is 2.86. The van der Waals surface area contributed by atoms with Crippen molar-refractivity contribution in [2.24, 2.45) is 0 Å². The number of sulfonamides is 1. The van der Waals surface area contributed by atoms with Gasteiger partial charge in [0.2, 0.25) is 15.9 Å². The number of nitrogens with one attached hydrogen (secondary N) is 1. The molecular weight excluding hydrogens is 355 g/mol. The van der Waals surface area contributed by atoms with Gasteiger partial charge in [-0.15, -0.1) is 0 Å². The zero-order valence-corrected chi connectivity index (χ0v) is 12.4. The first kappa shape index (κ1) is 14.9. The van der Waals surface area contributed by atoms with Crippen LogP contribution in [0.4, 0.5) is 10.1 Å². The van der Waals surface area contributed by atoms with E-state index in [1.807, 2.05) is 0 Å². The zero-order chi connectivity index (χ0) is 14.8. The molecule has 0 spiro atoms. The Morgan fingerprint density at radius 2 is 2.20 bits per heavy atom. The lowest BCUT2D eigenvalue weighted by Gasteiger charge is -2.08. The summed E-state index contributed by atoms with van der Waals surface area (Å²) in [6, 6.07) is 2.34. The van der Waals surface area contributed by atoms with Gasteiger partial charge in [-0.05, 0) is 28.1 Å². The molecule has 0 fully saturated rings. The topological polar surface area (TPSA) is 111 Å². The number of hydrogen-bond donors (Lipinski definition) is 2. The highest BCUT2D eigenvalue weighted by Gasteiger charge is 2.21. The van der Waals surface area contributed by atoms with E-state index in [1.54, 1.807) is 0 Å². The van der Waals surface area contributed by atoms with Gasteiger partial charge in [-0.1, -0.05) is 5.16 Å². The van der Waals surface area contributed by atoms with E-state index in [4.69, 9.17) is 10.3 Å². The minimum absolute atomic E-state index is 0.00359. The summed E-state index contributed by atoms with van der Waals surface area (Å²) in [6.45, 7) is -0.00359. The number of nitrogens with two attached hydrogens (primary N) is 1. The minimum Gasteiger partial charge on any atom is -0.399 e. The fourth-order valence-corrected chi connectivity index (χ4v) is 3.23. The summed E-state index contributed by atoms with van der Waals surface area (Å²) < 4.78 is 44.7. The molecule has 20 heavy (non-hydrogen) atoms. The number of benzene rings is 1. The Hall–Kier alpha value is -1.52. The van der Waals surface area contributed by atoms with Gasteiger partial charge in [0.15, 0.2) is 12.1 Å². The standard InChI is InChI=1S/C10H10BrFN4O3S/c11-7-3-6(13)4-8(10(7)12)20(17,18)16-2-1-9-14-5-15-19-9/h3-5,16H,1-2,13H2. The molecule has 0 atom stereocenters. The van der Waals surface area contributed by atoms with Gasteiger partial charge in [0.25, 0.3) is 0 Å². The fourth-order valence-electron chi connectivity index (χ4n) is 1.46. The van der Waals surface area contributed by atoms with Crippen LogP contribution < -0.4 is 10.5 Å². The first-order chi connectivity index (χ1) is 9.40. The Bertz CT molecular complexity index is 706. The number of anilines is 1. The van der Waals surface area contributed by atoms with E-state index in [-0.39, 0.29) is 29.0 Å². The molecule has 7 nitrogen and oxygen atoms in total. The van der Waals surface area contributed by atoms with E-state index < -0.39 is 20.7 Å². The van der Waals surface area contributed by atoms with Crippen molar-refractivity contribution in [2.75, 3.05) is 12.3 Å². The van der Waals surface area contributed by atoms with Gasteiger partial charge in [0.05, 0.1) is 4.47 Å². The lowest BCUT2D eigenvalue weighted by molar-refractivity contribution is 0.377. The molecule has 3 N–H and O–H groups in total. The van der Waals surface area contributed by atoms with E-state index in [0.29, 0.717) is 0 Å². The Morgan fingerprint density at radius 3 is 2.85 bits per heavy atom. The van der Waals surface area contributed by atoms with E-state index >= 15 is 0 Å². The fraction of sp³-hybridized carbons (Fsp3) is 0.200. The summed E-state index contributed by atoms with van der Waals surface area (Å²) in [5.74, 6) is -0.619. The van der Waals surface area contributed by atoms with Crippen LogP contribution in [0.3, 0.4) is 0 Å². The number of aromatic nitrogens is 2. The van der Waals surface area contributed by atoms with Crippen LogP contribution >= 0.6 is 15.9 Å². The molecule has 2 aromatic rings. The summed E-state index contributed by atoms with van der Waals surface area (Å²) in [5.41, 5.74) is 5.64. The highest BCUT2D eigenvalue weighted by molar-refractivity contribution is 9.10. The molecule has 0 radical (unpaired) electrons. The van der Waals surface area contributed by atoms with Gasteiger partial charge in [-0.25, -0.2) is 17.5 Å². The second-order valence-electron chi connectivity index (χ2n) is 3.80. The second-order valence-corrected chi connectivity index (χ2v) is 6.39. The van der Waals surface area contributed by atoms with Crippen LogP contribution in [0.25, 0.3) is 0 Å². The molecule has 1 aromatic carbocycles. The van der Waals surface area contributed by atoms with E-state index in [0.717, 1.165) is 6.07 Å². The van der Waals surface area contributed by atoms with Gasteiger partial charge in [-0.2, -0.15) is 4.98 Å². The highest BCUT2D eigenvalue weighted by Crippen LogP contribution is 2.25. The smallest absolute Gasteiger partial charge is 0.243 e. The lowest BCUT2D eigenvalue weighted by atomic mass is 10.3. The molecule has 2 rings (SSSR count). The summed E-state index contributed by atoms with van der Waals surface area (Å²) in [6.07, 6.45) is 1.41. The molecule has 0 aliphatic carbocycles. The Morgan fingerprint density at radius 1 is 1.45 bits per heavy atom. The monoisotopic (exact) mass is 364 g/mol. The first-order valence-corrected chi connectivity index (χ1v) is 7.67. The van der Waals surface area contributed by atoms with Crippen molar-refractivity contribution in [3.8, 4) is 0 Å². The van der Waals surface area contributed by atoms with Crippen LogP contribution in [0.1, 0.15) is 5.89 Å². The van der Waals surface area contributed by atoms with Crippen molar-refractivity contribution < 1.29 is 17.3 Å². The normalized spacial score (nSPS) is 11.7. The number of rotatable bonds is 5. The number of nitrogen functional groups attached to an aromatic ring is 1. The molecular formula is C10H10BrFN4O3S. The van der Waals surface area contributed by atoms with Crippen LogP contribution in [0, 0.1) is 5.82 Å². The van der Waals surface area contributed by atoms with E-state index in [9.17, 15) is 12.8 Å². The summed E-state index contributed by atoms with van der Waals surface area (Å²) in [7, 11) is -4.01. The quantitative estimate of drug-likeness (QED) is 0.767. The molecule has 0 saturated carbocycles. The zero-order valence-electron chi connectivity index (χ0n) is 10.0. The van der Waals surface area contributed by atoms with E-state index in [1.165, 1.54) is 12.4 Å². The summed E-state index contributed by atoms with van der Waals surface area (Å²) in [4.78, 5) is 3.22. The third kappa shape index (κ3) is 3.32. The molecule has 1 heterocycles. The second kappa shape index (κ2) is 5.85. The molecule has 0 saturated heterocycles. The SMILES string of the molecule is Nc1cc(Br)c(F)c(S(=O)(=O)NCCc2ncno2)c1. The summed E-state index contributed by atoms with van der Waals surface area (Å²) in [5, 5.41) is 3.39. The molecule has 0 bridgehead atoms.